The fourth-order valence-corrected chi connectivity index (χ4v) is 3.66. The van der Waals surface area contributed by atoms with Crippen molar-refractivity contribution in [1.29, 1.82) is 0 Å². The third-order valence-electron chi connectivity index (χ3n) is 3.42. The number of anilines is 1. The van der Waals surface area contributed by atoms with Crippen LogP contribution in [-0.4, -0.2) is 41.0 Å². The van der Waals surface area contributed by atoms with Gasteiger partial charge < -0.3 is 15.4 Å². The zero-order chi connectivity index (χ0) is 16.5. The first kappa shape index (κ1) is 16.3. The van der Waals surface area contributed by atoms with Crippen molar-refractivity contribution in [2.24, 2.45) is 5.73 Å². The average molecular weight is 322 g/mol. The van der Waals surface area contributed by atoms with Crippen molar-refractivity contribution >= 4 is 32.3 Å². The number of nitrogens with two attached hydrogens (primary N) is 1. The van der Waals surface area contributed by atoms with Crippen LogP contribution >= 0.6 is 0 Å². The van der Waals surface area contributed by atoms with Gasteiger partial charge >= 0.3 is 5.97 Å². The molecule has 0 aliphatic rings. The minimum atomic E-state index is -4.03. The normalized spacial score (nSPS) is 12.9. The van der Waals surface area contributed by atoms with Crippen molar-refractivity contribution in [1.82, 2.24) is 0 Å². The van der Waals surface area contributed by atoms with Crippen molar-refractivity contribution in [3.05, 3.63) is 36.4 Å². The highest BCUT2D eigenvalue weighted by Crippen LogP contribution is 2.31. The number of rotatable bonds is 4. The number of methoxy groups -OCH3 is 1. The Hall–Kier alpha value is -2.12. The molecule has 22 heavy (non-hydrogen) atoms. The van der Waals surface area contributed by atoms with Gasteiger partial charge in [0.2, 0.25) is 15.2 Å². The predicted molar refractivity (Wildman–Crippen MR) is 85.5 cm³/mol. The summed E-state index contributed by atoms with van der Waals surface area (Å²) in [5, 5.41) is -0.454. The smallest absolute Gasteiger partial charge is 0.338 e. The molecule has 2 N–H and O–H groups in total. The topological polar surface area (TPSA) is 89.7 Å². The van der Waals surface area contributed by atoms with Crippen LogP contribution < -0.4 is 10.6 Å². The van der Waals surface area contributed by atoms with Crippen molar-refractivity contribution in [3.63, 3.8) is 0 Å². The van der Waals surface area contributed by atoms with E-state index in [-0.39, 0.29) is 4.90 Å². The molecule has 0 aliphatic heterocycles. The minimum Gasteiger partial charge on any atom is -0.467 e. The predicted octanol–water partition coefficient (Wildman–Crippen LogP) is 1.14. The van der Waals surface area contributed by atoms with Gasteiger partial charge in [-0.25, -0.2) is 13.2 Å². The van der Waals surface area contributed by atoms with E-state index in [9.17, 15) is 13.2 Å². The van der Waals surface area contributed by atoms with E-state index < -0.39 is 21.2 Å². The molecule has 0 fully saturated rings. The lowest BCUT2D eigenvalue weighted by atomic mass is 10.1. The number of hydrogen-bond donors (Lipinski definition) is 1. The van der Waals surface area contributed by atoms with Crippen LogP contribution in [0, 0.1) is 0 Å². The minimum absolute atomic E-state index is 0.0200. The molecule has 0 aliphatic carbocycles. The fraction of sp³-hybridized carbons (Fsp3) is 0.267. The number of carbonyl (C=O) groups is 1. The van der Waals surface area contributed by atoms with Crippen molar-refractivity contribution < 1.29 is 17.9 Å². The molecule has 2 aromatic carbocycles. The maximum atomic E-state index is 12.6. The van der Waals surface area contributed by atoms with Crippen LogP contribution in [0.1, 0.15) is 0 Å². The van der Waals surface area contributed by atoms with Gasteiger partial charge in [-0.3, -0.25) is 0 Å². The van der Waals surface area contributed by atoms with Gasteiger partial charge in [-0.05, 0) is 12.1 Å². The summed E-state index contributed by atoms with van der Waals surface area (Å²) in [7, 11) is 0.810. The van der Waals surface area contributed by atoms with Gasteiger partial charge in [0, 0.05) is 30.6 Å². The molecule has 0 amide bonds. The summed E-state index contributed by atoms with van der Waals surface area (Å²) >= 11 is 0. The largest absolute Gasteiger partial charge is 0.467 e. The van der Waals surface area contributed by atoms with Gasteiger partial charge in [0.25, 0.3) is 0 Å². The molecule has 0 heterocycles. The Morgan fingerprint density at radius 2 is 1.73 bits per heavy atom. The van der Waals surface area contributed by atoms with E-state index in [2.05, 4.69) is 4.74 Å². The van der Waals surface area contributed by atoms with Crippen LogP contribution in [0.3, 0.4) is 0 Å². The van der Waals surface area contributed by atoms with E-state index >= 15 is 0 Å². The molecular formula is C15H18N2O4S. The van der Waals surface area contributed by atoms with E-state index in [4.69, 9.17) is 5.73 Å². The summed E-state index contributed by atoms with van der Waals surface area (Å²) < 4.78 is 29.6. The number of ether oxygens (including phenoxy) is 1. The van der Waals surface area contributed by atoms with Gasteiger partial charge in [-0.2, -0.15) is 0 Å². The third-order valence-corrected chi connectivity index (χ3v) is 5.25. The third kappa shape index (κ3) is 2.65. The second kappa shape index (κ2) is 5.94. The Balaban J connectivity index is 2.72. The molecule has 1 unspecified atom stereocenters. The quantitative estimate of drug-likeness (QED) is 0.849. The Morgan fingerprint density at radius 3 is 2.32 bits per heavy atom. The summed E-state index contributed by atoms with van der Waals surface area (Å²) in [6, 6.07) is 10.2. The number of esters is 1. The van der Waals surface area contributed by atoms with Gasteiger partial charge in [-0.1, -0.05) is 24.3 Å². The lowest BCUT2D eigenvalue weighted by Gasteiger charge is -2.18. The highest BCUT2D eigenvalue weighted by molar-refractivity contribution is 7.93. The first-order valence-electron chi connectivity index (χ1n) is 6.57. The number of fused-ring (bicyclic) bond motifs is 1. The Kier molecular flexibility index (Phi) is 4.39. The Bertz CT molecular complexity index is 815. The van der Waals surface area contributed by atoms with E-state index in [1.165, 1.54) is 6.07 Å². The second-order valence-corrected chi connectivity index (χ2v) is 7.05. The maximum absolute atomic E-state index is 12.6. The summed E-state index contributed by atoms with van der Waals surface area (Å²) in [5.74, 6) is -0.985. The van der Waals surface area contributed by atoms with Crippen molar-refractivity contribution in [2.45, 2.75) is 10.3 Å². The molecular weight excluding hydrogens is 304 g/mol. The zero-order valence-electron chi connectivity index (χ0n) is 12.6. The lowest BCUT2D eigenvalue weighted by molar-refractivity contribution is -0.140. The molecule has 0 saturated carbocycles. The molecule has 0 aromatic heterocycles. The van der Waals surface area contributed by atoms with Gasteiger partial charge in [0.15, 0.2) is 0 Å². The molecule has 2 aromatic rings. The highest BCUT2D eigenvalue weighted by Gasteiger charge is 2.32. The van der Waals surface area contributed by atoms with E-state index in [1.54, 1.807) is 18.2 Å². The first-order valence-corrected chi connectivity index (χ1v) is 8.11. The van der Waals surface area contributed by atoms with Crippen molar-refractivity contribution in [3.8, 4) is 0 Å². The monoisotopic (exact) mass is 322 g/mol. The van der Waals surface area contributed by atoms with E-state index in [0.29, 0.717) is 5.39 Å². The van der Waals surface area contributed by atoms with Crippen molar-refractivity contribution in [2.75, 3.05) is 26.1 Å². The highest BCUT2D eigenvalue weighted by atomic mass is 32.2. The van der Waals surface area contributed by atoms with Gasteiger partial charge in [0.05, 0.1) is 12.0 Å². The number of sulfone groups is 1. The molecule has 0 spiro atoms. The van der Waals surface area contributed by atoms with Crippen LogP contribution in [0.4, 0.5) is 5.69 Å². The summed E-state index contributed by atoms with van der Waals surface area (Å²) in [6.07, 6.45) is 0. The summed E-state index contributed by atoms with van der Waals surface area (Å²) in [6.45, 7) is 0. The number of hydrogen-bond acceptors (Lipinski definition) is 6. The van der Waals surface area contributed by atoms with Crippen LogP contribution in [0.25, 0.3) is 10.8 Å². The first-order chi connectivity index (χ1) is 10.3. The SMILES string of the molecule is COC(=O)C(N)S(=O)(=O)c1cccc2c(N(C)C)cccc12. The summed E-state index contributed by atoms with van der Waals surface area (Å²) in [5.41, 5.74) is 6.43. The molecule has 0 bridgehead atoms. The second-order valence-electron chi connectivity index (χ2n) is 5.01. The van der Waals surface area contributed by atoms with E-state index in [1.807, 2.05) is 31.1 Å². The van der Waals surface area contributed by atoms with Gasteiger partial charge in [0.1, 0.15) is 0 Å². The molecule has 0 radical (unpaired) electrons. The van der Waals surface area contributed by atoms with Crippen LogP contribution in [-0.2, 0) is 19.4 Å². The van der Waals surface area contributed by atoms with E-state index in [0.717, 1.165) is 18.2 Å². The maximum Gasteiger partial charge on any atom is 0.338 e. The molecule has 118 valence electrons. The fourth-order valence-electron chi connectivity index (χ4n) is 2.28. The number of carbonyl (C=O) groups excluding carboxylic acids is 1. The Labute approximate surface area is 129 Å². The standard InChI is InChI=1S/C15H18N2O4S/c1-17(2)12-8-4-7-11-10(12)6-5-9-13(11)22(19,20)14(16)15(18)21-3/h4-9,14H,16H2,1-3H3. The number of benzene rings is 2. The summed E-state index contributed by atoms with van der Waals surface area (Å²) in [4.78, 5) is 13.4. The Morgan fingerprint density at radius 1 is 1.14 bits per heavy atom. The molecule has 7 heteroatoms. The molecule has 0 saturated heterocycles. The zero-order valence-corrected chi connectivity index (χ0v) is 13.4. The van der Waals surface area contributed by atoms with Crippen LogP contribution in [0.5, 0.6) is 0 Å². The van der Waals surface area contributed by atoms with Gasteiger partial charge in [-0.15, -0.1) is 0 Å². The molecule has 1 atom stereocenters. The van der Waals surface area contributed by atoms with Crippen LogP contribution in [0.2, 0.25) is 0 Å². The van der Waals surface area contributed by atoms with Crippen LogP contribution in [0.15, 0.2) is 41.3 Å². The number of nitrogens with zero attached hydrogens (tertiary/aromatic N) is 1. The molecule has 2 rings (SSSR count). The average Bonchev–Trinajstić information content (AvgIpc) is 2.51. The molecule has 6 nitrogen and oxygen atoms in total. The lowest BCUT2D eigenvalue weighted by Crippen LogP contribution is -2.39.